The van der Waals surface area contributed by atoms with Crippen molar-refractivity contribution < 1.29 is 38.0 Å². The topological polar surface area (TPSA) is 120 Å². The van der Waals surface area contributed by atoms with E-state index in [1.807, 2.05) is 6.92 Å². The molecule has 0 rings (SSSR count). The molecule has 0 aliphatic carbocycles. The van der Waals surface area contributed by atoms with Crippen molar-refractivity contribution in [2.45, 2.75) is 13.3 Å². The van der Waals surface area contributed by atoms with Crippen LogP contribution in [0, 0.1) is 0 Å². The highest BCUT2D eigenvalue weighted by Gasteiger charge is 1.98. The summed E-state index contributed by atoms with van der Waals surface area (Å²) in [5.74, 6) is 0.00450. The maximum absolute atomic E-state index is 11.2. The molecule has 10 heteroatoms. The lowest BCUT2D eigenvalue weighted by Crippen LogP contribution is -2.24. The van der Waals surface area contributed by atoms with Crippen molar-refractivity contribution in [3.05, 3.63) is 0 Å². The van der Waals surface area contributed by atoms with Crippen molar-refractivity contribution in [3.8, 4) is 0 Å². The van der Waals surface area contributed by atoms with Gasteiger partial charge in [-0.25, -0.2) is 0 Å². The van der Waals surface area contributed by atoms with Gasteiger partial charge in [0.05, 0.1) is 92.5 Å². The van der Waals surface area contributed by atoms with Crippen LogP contribution in [-0.4, -0.2) is 111 Å². The van der Waals surface area contributed by atoms with E-state index in [0.717, 1.165) is 0 Å². The van der Waals surface area contributed by atoms with E-state index < -0.39 is 0 Å². The average Bonchev–Trinajstić information content (AvgIpc) is 2.72. The summed E-state index contributed by atoms with van der Waals surface area (Å²) >= 11 is 0. The Kier molecular flexibility index (Phi) is 24.4. The van der Waals surface area contributed by atoms with Crippen LogP contribution in [0.15, 0.2) is 0 Å². The van der Waals surface area contributed by atoms with Crippen LogP contribution in [0.25, 0.3) is 0 Å². The Labute approximate surface area is 174 Å². The molecule has 3 N–H and O–H groups in total. The first-order valence-electron chi connectivity index (χ1n) is 10.3. The average molecular weight is 425 g/mol. The minimum atomic E-state index is 0.00450. The number of hydrogen-bond acceptors (Lipinski definition) is 9. The number of ether oxygens (including phenoxy) is 7. The molecule has 0 saturated heterocycles. The van der Waals surface area contributed by atoms with Gasteiger partial charge in [-0.15, -0.1) is 0 Å². The fourth-order valence-electron chi connectivity index (χ4n) is 1.96. The third kappa shape index (κ3) is 25.1. The van der Waals surface area contributed by atoms with Crippen molar-refractivity contribution in [2.75, 3.05) is 106 Å². The maximum atomic E-state index is 11.2. The molecule has 10 nitrogen and oxygen atoms in total. The second kappa shape index (κ2) is 25.2. The van der Waals surface area contributed by atoms with E-state index in [-0.39, 0.29) is 5.91 Å². The van der Waals surface area contributed by atoms with Crippen molar-refractivity contribution in [1.82, 2.24) is 5.32 Å². The van der Waals surface area contributed by atoms with Gasteiger partial charge in [-0.05, 0) is 6.92 Å². The van der Waals surface area contributed by atoms with Crippen molar-refractivity contribution in [2.24, 2.45) is 5.73 Å². The summed E-state index contributed by atoms with van der Waals surface area (Å²) in [6.45, 7) is 10.2. The molecule has 0 aliphatic rings. The Hall–Kier alpha value is -0.850. The molecule has 0 bridgehead atoms. The fourth-order valence-corrected chi connectivity index (χ4v) is 1.96. The Morgan fingerprint density at radius 1 is 0.586 bits per heavy atom. The number of carbonyl (C=O) groups is 1. The minimum absolute atomic E-state index is 0.00450. The Morgan fingerprint density at radius 3 is 1.21 bits per heavy atom. The lowest BCUT2D eigenvalue weighted by Gasteiger charge is -2.08. The smallest absolute Gasteiger partial charge is 0.222 e. The molecule has 29 heavy (non-hydrogen) atoms. The number of rotatable bonds is 24. The largest absolute Gasteiger partial charge is 0.379 e. The summed E-state index contributed by atoms with van der Waals surface area (Å²) in [6, 6.07) is 0. The monoisotopic (exact) mass is 424 g/mol. The third-order valence-corrected chi connectivity index (χ3v) is 3.34. The summed E-state index contributed by atoms with van der Waals surface area (Å²) in [5.41, 5.74) is 5.30. The zero-order valence-corrected chi connectivity index (χ0v) is 17.9. The zero-order chi connectivity index (χ0) is 21.3. The summed E-state index contributed by atoms with van der Waals surface area (Å²) < 4.78 is 37.4. The summed E-state index contributed by atoms with van der Waals surface area (Å²) in [6.07, 6.45) is 0.376. The molecule has 0 aromatic carbocycles. The summed E-state index contributed by atoms with van der Waals surface area (Å²) in [7, 11) is 0. The molecule has 0 fully saturated rings. The first-order chi connectivity index (χ1) is 14.3. The quantitative estimate of drug-likeness (QED) is 0.199. The number of amides is 1. The van der Waals surface area contributed by atoms with Crippen molar-refractivity contribution >= 4 is 5.91 Å². The van der Waals surface area contributed by atoms with E-state index in [9.17, 15) is 4.79 Å². The van der Waals surface area contributed by atoms with Gasteiger partial charge in [0.1, 0.15) is 0 Å². The van der Waals surface area contributed by atoms with E-state index in [1.165, 1.54) is 0 Å². The second-order valence-corrected chi connectivity index (χ2v) is 5.78. The summed E-state index contributed by atoms with van der Waals surface area (Å²) in [4.78, 5) is 11.2. The maximum Gasteiger partial charge on any atom is 0.222 e. The predicted molar refractivity (Wildman–Crippen MR) is 108 cm³/mol. The molecule has 0 aliphatic heterocycles. The Morgan fingerprint density at radius 2 is 0.897 bits per heavy atom. The lowest BCUT2D eigenvalue weighted by atomic mass is 10.4. The molecule has 0 heterocycles. The van der Waals surface area contributed by atoms with Gasteiger partial charge in [-0.3, -0.25) is 4.79 Å². The van der Waals surface area contributed by atoms with Gasteiger partial charge in [-0.2, -0.15) is 0 Å². The van der Waals surface area contributed by atoms with E-state index in [4.69, 9.17) is 38.9 Å². The van der Waals surface area contributed by atoms with E-state index in [0.29, 0.717) is 112 Å². The molecule has 0 radical (unpaired) electrons. The predicted octanol–water partition coefficient (Wildman–Crippen LogP) is -0.412. The lowest BCUT2D eigenvalue weighted by molar-refractivity contribution is -0.122. The highest BCUT2D eigenvalue weighted by atomic mass is 16.6. The van der Waals surface area contributed by atoms with Gasteiger partial charge in [0, 0.05) is 19.5 Å². The molecular formula is C19H40N2O8. The van der Waals surface area contributed by atoms with Crippen molar-refractivity contribution in [1.29, 1.82) is 0 Å². The zero-order valence-electron chi connectivity index (χ0n) is 17.9. The molecule has 0 saturated carbocycles. The van der Waals surface area contributed by atoms with Crippen LogP contribution in [-0.2, 0) is 38.0 Å². The number of carbonyl (C=O) groups excluding carboxylic acids is 1. The molecule has 174 valence electrons. The van der Waals surface area contributed by atoms with Gasteiger partial charge in [0.2, 0.25) is 5.91 Å². The number of nitrogens with one attached hydrogen (secondary N) is 1. The molecule has 0 unspecified atom stereocenters. The van der Waals surface area contributed by atoms with Gasteiger partial charge < -0.3 is 44.2 Å². The minimum Gasteiger partial charge on any atom is -0.379 e. The SMILES string of the molecule is CCNC(=O)CCOCCOCCOCCOCCOCCOCCOCCN. The third-order valence-electron chi connectivity index (χ3n) is 3.34. The van der Waals surface area contributed by atoms with Crippen LogP contribution in [0.1, 0.15) is 13.3 Å². The van der Waals surface area contributed by atoms with Gasteiger partial charge in [-0.1, -0.05) is 0 Å². The van der Waals surface area contributed by atoms with Crippen LogP contribution < -0.4 is 11.1 Å². The standard InChI is InChI=1S/C19H40N2O8/c1-2-21-19(22)3-5-23-7-9-25-11-13-27-15-17-29-18-16-28-14-12-26-10-8-24-6-4-20/h2-18,20H2,1H3,(H,21,22). The first-order valence-corrected chi connectivity index (χ1v) is 10.3. The van der Waals surface area contributed by atoms with Crippen LogP contribution in [0.3, 0.4) is 0 Å². The molecule has 0 aromatic heterocycles. The first kappa shape index (κ1) is 28.1. The molecule has 0 aromatic rings. The van der Waals surface area contributed by atoms with Crippen LogP contribution >= 0.6 is 0 Å². The molecular weight excluding hydrogens is 384 g/mol. The van der Waals surface area contributed by atoms with E-state index in [2.05, 4.69) is 5.32 Å². The normalized spacial score (nSPS) is 11.1. The van der Waals surface area contributed by atoms with Crippen molar-refractivity contribution in [3.63, 3.8) is 0 Å². The van der Waals surface area contributed by atoms with Gasteiger partial charge >= 0.3 is 0 Å². The van der Waals surface area contributed by atoms with Gasteiger partial charge in [0.15, 0.2) is 0 Å². The number of nitrogens with two attached hydrogens (primary N) is 1. The van der Waals surface area contributed by atoms with Gasteiger partial charge in [0.25, 0.3) is 0 Å². The highest BCUT2D eigenvalue weighted by molar-refractivity contribution is 5.75. The van der Waals surface area contributed by atoms with Crippen LogP contribution in [0.2, 0.25) is 0 Å². The molecule has 1 amide bonds. The molecule has 0 spiro atoms. The fraction of sp³-hybridized carbons (Fsp3) is 0.947. The Bertz CT molecular complexity index is 337. The summed E-state index contributed by atoms with van der Waals surface area (Å²) in [5, 5.41) is 2.71. The van der Waals surface area contributed by atoms with E-state index in [1.54, 1.807) is 0 Å². The second-order valence-electron chi connectivity index (χ2n) is 5.78. The Balaban J connectivity index is 3.02. The molecule has 0 atom stereocenters. The van der Waals surface area contributed by atoms with Crippen LogP contribution in [0.5, 0.6) is 0 Å². The highest BCUT2D eigenvalue weighted by Crippen LogP contribution is 1.86. The van der Waals surface area contributed by atoms with Crippen LogP contribution in [0.4, 0.5) is 0 Å². The van der Waals surface area contributed by atoms with E-state index >= 15 is 0 Å². The number of hydrogen-bond donors (Lipinski definition) is 2.